The minimum Gasteiger partial charge on any atom is -0.313 e. The summed E-state index contributed by atoms with van der Waals surface area (Å²) in [5, 5.41) is 3.25. The van der Waals surface area contributed by atoms with Gasteiger partial charge in [0.25, 0.3) is 0 Å². The zero-order valence-corrected chi connectivity index (χ0v) is 4.98. The van der Waals surface area contributed by atoms with Gasteiger partial charge in [-0.05, 0) is 31.5 Å². The predicted octanol–water partition coefficient (Wildman–Crippen LogP) is 1.08. The standard InChI is InChI=1S/C7H11N/c1-2-4-6-8-7-5-3-1/h1,5,8H,2,4,6-7H2. The fourth-order valence-corrected chi connectivity index (χ4v) is 0.729. The van der Waals surface area contributed by atoms with Gasteiger partial charge in [-0.1, -0.05) is 0 Å². The minimum atomic E-state index is 0.983. The van der Waals surface area contributed by atoms with E-state index < -0.39 is 0 Å². The lowest BCUT2D eigenvalue weighted by atomic mass is 10.3. The molecule has 0 fully saturated rings. The van der Waals surface area contributed by atoms with Gasteiger partial charge in [0.05, 0.1) is 0 Å². The maximum absolute atomic E-state index is 3.25. The van der Waals surface area contributed by atoms with Gasteiger partial charge in [0.2, 0.25) is 0 Å². The molecule has 0 spiro atoms. The van der Waals surface area contributed by atoms with E-state index in [2.05, 4.69) is 17.1 Å². The van der Waals surface area contributed by atoms with Gasteiger partial charge in [0.15, 0.2) is 0 Å². The van der Waals surface area contributed by atoms with Gasteiger partial charge in [-0.2, -0.15) is 0 Å². The molecule has 0 aromatic heterocycles. The first-order valence-corrected chi connectivity index (χ1v) is 3.10. The summed E-state index contributed by atoms with van der Waals surface area (Å²) in [6, 6.07) is 0. The first kappa shape index (κ1) is 5.61. The maximum atomic E-state index is 3.25. The highest BCUT2D eigenvalue weighted by atomic mass is 14.8. The van der Waals surface area contributed by atoms with Crippen molar-refractivity contribution in [3.05, 3.63) is 17.9 Å². The molecule has 0 aliphatic carbocycles. The molecule has 0 aromatic carbocycles. The molecule has 1 heterocycles. The minimum absolute atomic E-state index is 0.983. The van der Waals surface area contributed by atoms with E-state index in [1.54, 1.807) is 0 Å². The second-order valence-corrected chi connectivity index (χ2v) is 1.92. The Morgan fingerprint density at radius 2 is 2.38 bits per heavy atom. The normalized spacial score (nSPS) is 20.0. The Hall–Kier alpha value is -0.520. The molecule has 0 unspecified atom stereocenters. The fraction of sp³-hybridized carbons (Fsp3) is 0.571. The van der Waals surface area contributed by atoms with Crippen molar-refractivity contribution in [2.24, 2.45) is 0 Å². The van der Waals surface area contributed by atoms with Crippen molar-refractivity contribution >= 4 is 0 Å². The molecular formula is C7H11N. The van der Waals surface area contributed by atoms with Crippen LogP contribution in [-0.4, -0.2) is 13.1 Å². The fourth-order valence-electron chi connectivity index (χ4n) is 0.729. The largest absolute Gasteiger partial charge is 0.313 e. The van der Waals surface area contributed by atoms with Gasteiger partial charge < -0.3 is 5.32 Å². The topological polar surface area (TPSA) is 12.0 Å². The monoisotopic (exact) mass is 109 g/mol. The summed E-state index contributed by atoms with van der Waals surface area (Å²) in [5.74, 6) is 0. The maximum Gasteiger partial charge on any atom is 0.0209 e. The van der Waals surface area contributed by atoms with Crippen LogP contribution >= 0.6 is 0 Å². The molecule has 0 atom stereocenters. The molecule has 44 valence electrons. The van der Waals surface area contributed by atoms with E-state index >= 15 is 0 Å². The molecule has 1 aliphatic heterocycles. The lowest BCUT2D eigenvalue weighted by molar-refractivity contribution is 0.696. The summed E-state index contributed by atoms with van der Waals surface area (Å²) < 4.78 is 0. The van der Waals surface area contributed by atoms with Crippen LogP contribution in [0.3, 0.4) is 0 Å². The average molecular weight is 109 g/mol. The Labute approximate surface area is 50.1 Å². The SMILES string of the molecule is C1=CCCCNCC=1. The first-order chi connectivity index (χ1) is 4.00. The molecule has 0 amide bonds. The second-order valence-electron chi connectivity index (χ2n) is 1.92. The van der Waals surface area contributed by atoms with Crippen LogP contribution < -0.4 is 5.32 Å². The Morgan fingerprint density at radius 1 is 1.38 bits per heavy atom. The van der Waals surface area contributed by atoms with Crippen molar-refractivity contribution in [1.29, 1.82) is 0 Å². The third kappa shape index (κ3) is 1.97. The number of nitrogens with one attached hydrogen (secondary N) is 1. The smallest absolute Gasteiger partial charge is 0.0209 e. The Balaban J connectivity index is 2.36. The van der Waals surface area contributed by atoms with Crippen LogP contribution in [0, 0.1) is 0 Å². The van der Waals surface area contributed by atoms with Crippen molar-refractivity contribution in [1.82, 2.24) is 5.32 Å². The van der Waals surface area contributed by atoms with E-state index in [1.165, 1.54) is 12.8 Å². The molecule has 1 rings (SSSR count). The molecule has 0 saturated carbocycles. The zero-order chi connectivity index (χ0) is 5.66. The van der Waals surface area contributed by atoms with Crippen molar-refractivity contribution < 1.29 is 0 Å². The van der Waals surface area contributed by atoms with Gasteiger partial charge in [-0.25, -0.2) is 0 Å². The highest BCUT2D eigenvalue weighted by molar-refractivity contribution is 4.88. The van der Waals surface area contributed by atoms with E-state index in [1.807, 2.05) is 6.08 Å². The van der Waals surface area contributed by atoms with E-state index in [9.17, 15) is 0 Å². The molecule has 0 saturated heterocycles. The third-order valence-corrected chi connectivity index (χ3v) is 1.18. The average Bonchev–Trinajstić information content (AvgIpc) is 1.62. The lowest BCUT2D eigenvalue weighted by Crippen LogP contribution is -2.14. The molecule has 0 radical (unpaired) electrons. The molecular weight excluding hydrogens is 98.1 g/mol. The van der Waals surface area contributed by atoms with Gasteiger partial charge in [-0.3, -0.25) is 0 Å². The van der Waals surface area contributed by atoms with Gasteiger partial charge >= 0.3 is 0 Å². The van der Waals surface area contributed by atoms with Gasteiger partial charge in [-0.15, -0.1) is 5.73 Å². The summed E-state index contributed by atoms with van der Waals surface area (Å²) >= 11 is 0. The predicted molar refractivity (Wildman–Crippen MR) is 34.8 cm³/mol. The van der Waals surface area contributed by atoms with E-state index in [-0.39, 0.29) is 0 Å². The summed E-state index contributed by atoms with van der Waals surface area (Å²) in [4.78, 5) is 0. The molecule has 1 nitrogen and oxygen atoms in total. The van der Waals surface area contributed by atoms with Crippen LogP contribution in [0.2, 0.25) is 0 Å². The van der Waals surface area contributed by atoms with E-state index in [0.717, 1.165) is 13.1 Å². The Bertz CT molecular complexity index is 99.6. The van der Waals surface area contributed by atoms with Crippen molar-refractivity contribution in [2.75, 3.05) is 13.1 Å². The van der Waals surface area contributed by atoms with Crippen molar-refractivity contribution in [2.45, 2.75) is 12.8 Å². The molecule has 0 aromatic rings. The van der Waals surface area contributed by atoms with E-state index in [4.69, 9.17) is 0 Å². The van der Waals surface area contributed by atoms with E-state index in [0.29, 0.717) is 0 Å². The molecule has 1 aliphatic rings. The van der Waals surface area contributed by atoms with Gasteiger partial charge in [0, 0.05) is 6.54 Å². The van der Waals surface area contributed by atoms with Crippen LogP contribution in [0.15, 0.2) is 17.9 Å². The highest BCUT2D eigenvalue weighted by Crippen LogP contribution is 1.89. The summed E-state index contributed by atoms with van der Waals surface area (Å²) in [6.07, 6.45) is 6.55. The quantitative estimate of drug-likeness (QED) is 0.459. The molecule has 1 heteroatoms. The van der Waals surface area contributed by atoms with Crippen LogP contribution in [0.5, 0.6) is 0 Å². The van der Waals surface area contributed by atoms with Gasteiger partial charge in [0.1, 0.15) is 0 Å². The Morgan fingerprint density at radius 3 is 3.38 bits per heavy atom. The third-order valence-electron chi connectivity index (χ3n) is 1.18. The van der Waals surface area contributed by atoms with Crippen LogP contribution in [0.4, 0.5) is 0 Å². The van der Waals surface area contributed by atoms with Crippen LogP contribution in [-0.2, 0) is 0 Å². The number of rotatable bonds is 0. The number of hydrogen-bond acceptors (Lipinski definition) is 1. The zero-order valence-electron chi connectivity index (χ0n) is 4.98. The Kier molecular flexibility index (Phi) is 2.44. The summed E-state index contributed by atoms with van der Waals surface area (Å²) in [6.45, 7) is 2.13. The number of hydrogen-bond donors (Lipinski definition) is 1. The highest BCUT2D eigenvalue weighted by Gasteiger charge is 1.84. The van der Waals surface area contributed by atoms with Crippen molar-refractivity contribution in [3.63, 3.8) is 0 Å². The molecule has 0 bridgehead atoms. The molecule has 8 heavy (non-hydrogen) atoms. The van der Waals surface area contributed by atoms with Crippen LogP contribution in [0.25, 0.3) is 0 Å². The van der Waals surface area contributed by atoms with Crippen LogP contribution in [0.1, 0.15) is 12.8 Å². The van der Waals surface area contributed by atoms with Crippen molar-refractivity contribution in [3.8, 4) is 0 Å². The second kappa shape index (κ2) is 3.48. The molecule has 1 N–H and O–H groups in total. The lowest BCUT2D eigenvalue weighted by Gasteiger charge is -1.98. The summed E-state index contributed by atoms with van der Waals surface area (Å²) in [7, 11) is 0. The summed E-state index contributed by atoms with van der Waals surface area (Å²) in [5.41, 5.74) is 3.07. The first-order valence-electron chi connectivity index (χ1n) is 3.10.